The average Bonchev–Trinajstić information content (AvgIpc) is 3.11. The first-order valence-corrected chi connectivity index (χ1v) is 16.8. The van der Waals surface area contributed by atoms with Gasteiger partial charge in [0.25, 0.3) is 0 Å². The number of hydrogen-bond donors (Lipinski definition) is 0. The Morgan fingerprint density at radius 2 is 0.761 bits per heavy atom. The van der Waals surface area contributed by atoms with E-state index in [1.54, 1.807) is 0 Å². The fourth-order valence-corrected chi connectivity index (χ4v) is 5.93. The second-order valence-corrected chi connectivity index (χ2v) is 11.5. The quantitative estimate of drug-likeness (QED) is 0.0818. The largest absolute Gasteiger partial charge is 0.492 e. The third kappa shape index (κ3) is 8.45. The Morgan fingerprint density at radius 3 is 1.07 bits per heavy atom. The van der Waals surface area contributed by atoms with Crippen LogP contribution >= 0.6 is 0 Å². The van der Waals surface area contributed by atoms with Crippen LogP contribution in [0.5, 0.6) is 11.5 Å². The normalized spacial score (nSPS) is 12.0. The number of likely N-dealkylation sites (N-methyl/N-ethyl adjacent to an activating group) is 2. The van der Waals surface area contributed by atoms with E-state index in [9.17, 15) is 0 Å². The predicted molar refractivity (Wildman–Crippen MR) is 199 cm³/mol. The molecule has 5 aromatic rings. The van der Waals surface area contributed by atoms with Crippen molar-refractivity contribution in [2.75, 3.05) is 52.5 Å². The van der Waals surface area contributed by atoms with E-state index < -0.39 is 0 Å². The van der Waals surface area contributed by atoms with E-state index in [-0.39, 0.29) is 0 Å². The first-order chi connectivity index (χ1) is 22.6. The van der Waals surface area contributed by atoms with E-state index in [4.69, 9.17) is 9.47 Å². The maximum absolute atomic E-state index is 6.00. The molecule has 0 aromatic heterocycles. The van der Waals surface area contributed by atoms with Crippen LogP contribution in [0.15, 0.2) is 97.1 Å². The van der Waals surface area contributed by atoms with Crippen molar-refractivity contribution in [1.82, 2.24) is 9.80 Å². The van der Waals surface area contributed by atoms with Crippen molar-refractivity contribution in [2.45, 2.75) is 27.7 Å². The zero-order valence-electron chi connectivity index (χ0n) is 27.9. The molecule has 0 unspecified atom stereocenters. The lowest BCUT2D eigenvalue weighted by atomic mass is 9.91. The van der Waals surface area contributed by atoms with Crippen LogP contribution in [0.25, 0.3) is 45.8 Å². The van der Waals surface area contributed by atoms with Crippen LogP contribution in [-0.2, 0) is 0 Å². The molecule has 0 amide bonds. The Labute approximate surface area is 275 Å². The summed E-state index contributed by atoms with van der Waals surface area (Å²) in [5, 5.41) is 4.96. The van der Waals surface area contributed by atoms with Crippen molar-refractivity contribution >= 4 is 45.8 Å². The molecule has 0 saturated carbocycles. The molecular formula is C42H48N2O2. The molecule has 0 heterocycles. The first-order valence-electron chi connectivity index (χ1n) is 16.8. The first kappa shape index (κ1) is 33.0. The molecule has 0 radical (unpaired) electrons. The molecule has 5 aromatic carbocycles. The van der Waals surface area contributed by atoms with Gasteiger partial charge >= 0.3 is 0 Å². The molecule has 238 valence electrons. The maximum Gasteiger partial charge on any atom is 0.119 e. The summed E-state index contributed by atoms with van der Waals surface area (Å²) in [6, 6.07) is 34.2. The molecule has 0 aliphatic carbocycles. The molecular weight excluding hydrogens is 564 g/mol. The third-order valence-electron chi connectivity index (χ3n) is 8.80. The summed E-state index contributed by atoms with van der Waals surface area (Å²) in [4.78, 5) is 4.74. The molecule has 0 atom stereocenters. The molecule has 0 spiro atoms. The number of fused-ring (bicyclic) bond motifs is 2. The van der Waals surface area contributed by atoms with Gasteiger partial charge in [-0.05, 0) is 94.2 Å². The molecule has 0 fully saturated rings. The van der Waals surface area contributed by atoms with Gasteiger partial charge in [-0.3, -0.25) is 0 Å². The molecule has 0 aliphatic heterocycles. The zero-order valence-corrected chi connectivity index (χ0v) is 27.9. The highest BCUT2D eigenvalue weighted by Gasteiger charge is 2.11. The second kappa shape index (κ2) is 16.8. The van der Waals surface area contributed by atoms with Gasteiger partial charge < -0.3 is 19.3 Å². The Morgan fingerprint density at radius 1 is 0.435 bits per heavy atom. The van der Waals surface area contributed by atoms with E-state index in [2.05, 4.69) is 159 Å². The number of ether oxygens (including phenoxy) is 2. The Hall–Kier alpha value is -4.38. The number of rotatable bonds is 16. The van der Waals surface area contributed by atoms with Crippen LogP contribution in [0, 0.1) is 0 Å². The minimum Gasteiger partial charge on any atom is -0.492 e. The van der Waals surface area contributed by atoms with Crippen LogP contribution in [-0.4, -0.2) is 62.3 Å². The van der Waals surface area contributed by atoms with Gasteiger partial charge in [-0.2, -0.15) is 0 Å². The third-order valence-corrected chi connectivity index (χ3v) is 8.80. The molecule has 4 nitrogen and oxygen atoms in total. The van der Waals surface area contributed by atoms with Crippen molar-refractivity contribution < 1.29 is 9.47 Å². The molecule has 0 bridgehead atoms. The van der Waals surface area contributed by atoms with Gasteiger partial charge in [0, 0.05) is 13.1 Å². The SMILES string of the molecule is CCN(CC)CCOc1ccc(C=Cc2c3ccccc3c(C=Cc3ccc(OCCN(CC)CC)cc3)c3ccccc23)cc1. The summed E-state index contributed by atoms with van der Waals surface area (Å²) >= 11 is 0. The summed E-state index contributed by atoms with van der Waals surface area (Å²) in [5.74, 6) is 1.82. The van der Waals surface area contributed by atoms with Crippen molar-refractivity contribution in [3.8, 4) is 11.5 Å². The van der Waals surface area contributed by atoms with E-state index in [0.29, 0.717) is 13.2 Å². The number of benzene rings is 5. The Kier molecular flexibility index (Phi) is 12.0. The van der Waals surface area contributed by atoms with E-state index >= 15 is 0 Å². The molecule has 46 heavy (non-hydrogen) atoms. The summed E-state index contributed by atoms with van der Waals surface area (Å²) in [6.07, 6.45) is 8.92. The van der Waals surface area contributed by atoms with Crippen molar-refractivity contribution in [3.05, 3.63) is 119 Å². The van der Waals surface area contributed by atoms with Crippen molar-refractivity contribution in [3.63, 3.8) is 0 Å². The van der Waals surface area contributed by atoms with Gasteiger partial charge in [0.05, 0.1) is 0 Å². The molecule has 0 aliphatic rings. The summed E-state index contributed by atoms with van der Waals surface area (Å²) in [7, 11) is 0. The smallest absolute Gasteiger partial charge is 0.119 e. The van der Waals surface area contributed by atoms with Gasteiger partial charge in [-0.15, -0.1) is 0 Å². The number of hydrogen-bond acceptors (Lipinski definition) is 4. The maximum atomic E-state index is 6.00. The van der Waals surface area contributed by atoms with E-state index in [0.717, 1.165) is 61.9 Å². The Bertz CT molecular complexity index is 1540. The molecule has 5 rings (SSSR count). The van der Waals surface area contributed by atoms with Crippen molar-refractivity contribution in [1.29, 1.82) is 0 Å². The van der Waals surface area contributed by atoms with Crippen LogP contribution in [0.3, 0.4) is 0 Å². The topological polar surface area (TPSA) is 24.9 Å². The van der Waals surface area contributed by atoms with Crippen LogP contribution in [0.1, 0.15) is 49.9 Å². The molecule has 4 heteroatoms. The lowest BCUT2D eigenvalue weighted by Gasteiger charge is -2.18. The highest BCUT2D eigenvalue weighted by molar-refractivity contribution is 6.14. The van der Waals surface area contributed by atoms with Crippen LogP contribution < -0.4 is 9.47 Å². The average molecular weight is 613 g/mol. The minimum atomic E-state index is 0.701. The lowest BCUT2D eigenvalue weighted by Crippen LogP contribution is -2.27. The standard InChI is InChI=1S/C42H48N2O2/c1-5-43(6-2)29-31-45-35-23-17-33(18-24-35)21-27-41-37-13-9-11-15-39(37)42(40-16-12-10-14-38(40)41)28-22-34-19-25-36(26-20-34)46-32-30-44(7-3)8-4/h9-28H,5-8,29-32H2,1-4H3. The van der Waals surface area contributed by atoms with Crippen molar-refractivity contribution in [2.24, 2.45) is 0 Å². The highest BCUT2D eigenvalue weighted by Crippen LogP contribution is 2.35. The number of nitrogens with zero attached hydrogens (tertiary/aromatic N) is 2. The fraction of sp³-hybridized carbons (Fsp3) is 0.286. The van der Waals surface area contributed by atoms with E-state index in [1.165, 1.54) is 32.7 Å². The van der Waals surface area contributed by atoms with Gasteiger partial charge in [-0.25, -0.2) is 0 Å². The van der Waals surface area contributed by atoms with Gasteiger partial charge in [-0.1, -0.05) is 125 Å². The lowest BCUT2D eigenvalue weighted by molar-refractivity contribution is 0.223. The minimum absolute atomic E-state index is 0.701. The summed E-state index contributed by atoms with van der Waals surface area (Å²) in [5.41, 5.74) is 4.76. The van der Waals surface area contributed by atoms with Gasteiger partial charge in [0.2, 0.25) is 0 Å². The predicted octanol–water partition coefficient (Wildman–Crippen LogP) is 9.78. The van der Waals surface area contributed by atoms with E-state index in [1.807, 2.05) is 0 Å². The Balaban J connectivity index is 1.36. The molecule has 0 N–H and O–H groups in total. The zero-order chi connectivity index (χ0) is 32.1. The van der Waals surface area contributed by atoms with Crippen LogP contribution in [0.4, 0.5) is 0 Å². The summed E-state index contributed by atoms with van der Waals surface area (Å²) in [6.45, 7) is 16.2. The second-order valence-electron chi connectivity index (χ2n) is 11.5. The summed E-state index contributed by atoms with van der Waals surface area (Å²) < 4.78 is 12.0. The monoisotopic (exact) mass is 612 g/mol. The molecule has 0 saturated heterocycles. The highest BCUT2D eigenvalue weighted by atomic mass is 16.5. The van der Waals surface area contributed by atoms with Gasteiger partial charge in [0.15, 0.2) is 0 Å². The van der Waals surface area contributed by atoms with Crippen LogP contribution in [0.2, 0.25) is 0 Å². The van der Waals surface area contributed by atoms with Gasteiger partial charge in [0.1, 0.15) is 24.7 Å². The fourth-order valence-electron chi connectivity index (χ4n) is 5.93.